The second-order valence-electron chi connectivity index (χ2n) is 6.57. The fraction of sp³-hybridized carbons (Fsp3) is 0.667. The minimum atomic E-state index is -0.503. The number of carbonyl (C=O) groups is 2. The van der Waals surface area contributed by atoms with Crippen LogP contribution < -0.4 is 5.32 Å². The number of nitrogens with zero attached hydrogens (tertiary/aromatic N) is 1. The third kappa shape index (κ3) is 9.54. The molecule has 0 saturated carbocycles. The largest absolute Gasteiger partial charge is 0.461 e. The molecule has 5 nitrogen and oxygen atoms in total. The Bertz CT molecular complexity index is 532. The van der Waals surface area contributed by atoms with E-state index in [-0.39, 0.29) is 23.9 Å². The summed E-state index contributed by atoms with van der Waals surface area (Å²) < 4.78 is 4.90. The standard InChI is InChI=1S/C21H34N2O3/c1-3-5-6-7-8-9-10-11-12-13-17-22-20(24)18-15-14-16-19(23-18)21(25)26-4-2/h14-16H,3-13,17H2,1-2H3,(H,22,24). The third-order valence-electron chi connectivity index (χ3n) is 4.28. The topological polar surface area (TPSA) is 68.3 Å². The van der Waals surface area contributed by atoms with Gasteiger partial charge in [-0.05, 0) is 25.5 Å². The molecule has 1 N–H and O–H groups in total. The number of nitrogens with one attached hydrogen (secondary N) is 1. The lowest BCUT2D eigenvalue weighted by Gasteiger charge is -2.06. The van der Waals surface area contributed by atoms with Crippen LogP contribution in [0.1, 0.15) is 99.0 Å². The van der Waals surface area contributed by atoms with E-state index in [0.717, 1.165) is 12.8 Å². The minimum Gasteiger partial charge on any atom is -0.461 e. The first-order valence-electron chi connectivity index (χ1n) is 10.1. The normalized spacial score (nSPS) is 10.5. The molecular weight excluding hydrogens is 328 g/mol. The summed E-state index contributed by atoms with van der Waals surface area (Å²) in [6.45, 7) is 4.91. The van der Waals surface area contributed by atoms with E-state index in [4.69, 9.17) is 4.74 Å². The quantitative estimate of drug-likeness (QED) is 0.377. The van der Waals surface area contributed by atoms with E-state index in [2.05, 4.69) is 17.2 Å². The highest BCUT2D eigenvalue weighted by Crippen LogP contribution is 2.10. The Kier molecular flexibility index (Phi) is 12.2. The van der Waals surface area contributed by atoms with Crippen molar-refractivity contribution in [1.29, 1.82) is 0 Å². The van der Waals surface area contributed by atoms with Crippen LogP contribution in [0.2, 0.25) is 0 Å². The van der Waals surface area contributed by atoms with Gasteiger partial charge in [0.1, 0.15) is 11.4 Å². The van der Waals surface area contributed by atoms with Crippen LogP contribution in [0.4, 0.5) is 0 Å². The van der Waals surface area contributed by atoms with Crippen molar-refractivity contribution < 1.29 is 14.3 Å². The van der Waals surface area contributed by atoms with E-state index in [1.54, 1.807) is 25.1 Å². The van der Waals surface area contributed by atoms with Gasteiger partial charge in [0.05, 0.1) is 6.61 Å². The zero-order chi connectivity index (χ0) is 19.0. The highest BCUT2D eigenvalue weighted by molar-refractivity contribution is 5.94. The number of unbranched alkanes of at least 4 members (excludes halogenated alkanes) is 9. The molecule has 0 unspecified atom stereocenters. The summed E-state index contributed by atoms with van der Waals surface area (Å²) in [4.78, 5) is 27.8. The number of rotatable bonds is 14. The van der Waals surface area contributed by atoms with E-state index in [9.17, 15) is 9.59 Å². The van der Waals surface area contributed by atoms with Gasteiger partial charge in [-0.3, -0.25) is 4.79 Å². The molecule has 1 aromatic heterocycles. The van der Waals surface area contributed by atoms with E-state index in [0.29, 0.717) is 6.54 Å². The first kappa shape index (κ1) is 22.1. The predicted octanol–water partition coefficient (Wildman–Crippen LogP) is 4.91. The summed E-state index contributed by atoms with van der Waals surface area (Å²) in [5.41, 5.74) is 0.418. The van der Waals surface area contributed by atoms with Crippen molar-refractivity contribution in [2.75, 3.05) is 13.2 Å². The van der Waals surface area contributed by atoms with E-state index < -0.39 is 5.97 Å². The first-order chi connectivity index (χ1) is 12.7. The fourth-order valence-electron chi connectivity index (χ4n) is 2.78. The highest BCUT2D eigenvalue weighted by Gasteiger charge is 2.12. The van der Waals surface area contributed by atoms with Gasteiger partial charge in [0.15, 0.2) is 0 Å². The lowest BCUT2D eigenvalue weighted by Crippen LogP contribution is -2.26. The van der Waals surface area contributed by atoms with Crippen LogP contribution in [0.5, 0.6) is 0 Å². The molecule has 0 bridgehead atoms. The fourth-order valence-corrected chi connectivity index (χ4v) is 2.78. The van der Waals surface area contributed by atoms with Crippen LogP contribution in [0, 0.1) is 0 Å². The maximum atomic E-state index is 12.1. The Morgan fingerprint density at radius 1 is 0.885 bits per heavy atom. The van der Waals surface area contributed by atoms with Crippen molar-refractivity contribution in [3.63, 3.8) is 0 Å². The summed E-state index contributed by atoms with van der Waals surface area (Å²) in [6, 6.07) is 4.81. The third-order valence-corrected chi connectivity index (χ3v) is 4.28. The van der Waals surface area contributed by atoms with Crippen molar-refractivity contribution in [2.45, 2.75) is 78.1 Å². The van der Waals surface area contributed by atoms with Gasteiger partial charge in [0.2, 0.25) is 0 Å². The molecule has 0 spiro atoms. The lowest BCUT2D eigenvalue weighted by molar-refractivity contribution is 0.0519. The van der Waals surface area contributed by atoms with Crippen molar-refractivity contribution >= 4 is 11.9 Å². The molecule has 0 fully saturated rings. The smallest absolute Gasteiger partial charge is 0.356 e. The SMILES string of the molecule is CCCCCCCCCCCCNC(=O)c1cccc(C(=O)OCC)n1. The Morgan fingerprint density at radius 3 is 2.08 bits per heavy atom. The maximum absolute atomic E-state index is 12.1. The molecule has 0 saturated heterocycles. The van der Waals surface area contributed by atoms with Gasteiger partial charge in [-0.25, -0.2) is 9.78 Å². The molecule has 1 heterocycles. The molecule has 0 radical (unpaired) electrons. The molecule has 0 aromatic carbocycles. The average Bonchev–Trinajstić information content (AvgIpc) is 2.66. The number of hydrogen-bond donors (Lipinski definition) is 1. The summed E-state index contributed by atoms with van der Waals surface area (Å²) >= 11 is 0. The highest BCUT2D eigenvalue weighted by atomic mass is 16.5. The number of ether oxygens (including phenoxy) is 1. The van der Waals surface area contributed by atoms with Gasteiger partial charge in [0, 0.05) is 6.54 Å². The van der Waals surface area contributed by atoms with Crippen molar-refractivity contribution in [2.24, 2.45) is 0 Å². The van der Waals surface area contributed by atoms with Crippen LogP contribution in [0.25, 0.3) is 0 Å². The number of aromatic nitrogens is 1. The molecule has 26 heavy (non-hydrogen) atoms. The van der Waals surface area contributed by atoms with Crippen LogP contribution in [-0.2, 0) is 4.74 Å². The molecule has 146 valence electrons. The molecule has 0 aliphatic heterocycles. The van der Waals surface area contributed by atoms with Crippen LogP contribution in [0.3, 0.4) is 0 Å². The van der Waals surface area contributed by atoms with Crippen molar-refractivity contribution in [3.8, 4) is 0 Å². The van der Waals surface area contributed by atoms with Crippen molar-refractivity contribution in [3.05, 3.63) is 29.6 Å². The van der Waals surface area contributed by atoms with Gasteiger partial charge < -0.3 is 10.1 Å². The van der Waals surface area contributed by atoms with Crippen LogP contribution in [-0.4, -0.2) is 30.0 Å². The minimum absolute atomic E-state index is 0.165. The van der Waals surface area contributed by atoms with E-state index in [1.165, 1.54) is 51.4 Å². The lowest BCUT2D eigenvalue weighted by atomic mass is 10.1. The molecule has 1 rings (SSSR count). The van der Waals surface area contributed by atoms with E-state index >= 15 is 0 Å². The molecule has 5 heteroatoms. The molecule has 0 aliphatic rings. The second kappa shape index (κ2) is 14.3. The summed E-state index contributed by atoms with van der Waals surface area (Å²) in [5, 5.41) is 2.87. The van der Waals surface area contributed by atoms with Crippen molar-refractivity contribution in [1.82, 2.24) is 10.3 Å². The first-order valence-corrected chi connectivity index (χ1v) is 10.1. The Labute approximate surface area is 157 Å². The summed E-state index contributed by atoms with van der Waals surface area (Å²) in [7, 11) is 0. The Morgan fingerprint density at radius 2 is 1.46 bits per heavy atom. The number of esters is 1. The van der Waals surface area contributed by atoms with Gasteiger partial charge in [-0.15, -0.1) is 0 Å². The van der Waals surface area contributed by atoms with Crippen LogP contribution in [0.15, 0.2) is 18.2 Å². The molecule has 0 aliphatic carbocycles. The second-order valence-corrected chi connectivity index (χ2v) is 6.57. The maximum Gasteiger partial charge on any atom is 0.356 e. The average molecular weight is 363 g/mol. The number of hydrogen-bond acceptors (Lipinski definition) is 4. The van der Waals surface area contributed by atoms with E-state index in [1.807, 2.05) is 0 Å². The summed E-state index contributed by atoms with van der Waals surface area (Å²) in [5.74, 6) is -0.746. The zero-order valence-corrected chi connectivity index (χ0v) is 16.4. The monoisotopic (exact) mass is 362 g/mol. The number of carbonyl (C=O) groups excluding carboxylic acids is 2. The number of pyridine rings is 1. The molecular formula is C21H34N2O3. The van der Waals surface area contributed by atoms with Gasteiger partial charge in [0.25, 0.3) is 5.91 Å². The molecule has 1 amide bonds. The molecule has 1 aromatic rings. The summed E-state index contributed by atoms with van der Waals surface area (Å²) in [6.07, 6.45) is 12.7. The number of amides is 1. The Balaban J connectivity index is 2.13. The van der Waals surface area contributed by atoms with Crippen LogP contribution >= 0.6 is 0 Å². The zero-order valence-electron chi connectivity index (χ0n) is 16.4. The predicted molar refractivity (Wildman–Crippen MR) is 104 cm³/mol. The Hall–Kier alpha value is -1.91. The van der Waals surface area contributed by atoms with Gasteiger partial charge in [-0.2, -0.15) is 0 Å². The molecule has 0 atom stereocenters. The van der Waals surface area contributed by atoms with Gasteiger partial charge >= 0.3 is 5.97 Å². The van der Waals surface area contributed by atoms with Gasteiger partial charge in [-0.1, -0.05) is 70.8 Å².